The highest BCUT2D eigenvalue weighted by molar-refractivity contribution is 9.10. The molecule has 1 aromatic heterocycles. The summed E-state index contributed by atoms with van der Waals surface area (Å²) in [4.78, 5) is 21.8. The van der Waals surface area contributed by atoms with Crippen LogP contribution in [0.3, 0.4) is 0 Å². The van der Waals surface area contributed by atoms with E-state index in [2.05, 4.69) is 26.3 Å². The maximum Gasteiger partial charge on any atom is 0.306 e. The number of amides is 1. The summed E-state index contributed by atoms with van der Waals surface area (Å²) in [6.07, 6.45) is 2.50. The first kappa shape index (κ1) is 14.2. The van der Waals surface area contributed by atoms with Crippen LogP contribution in [0, 0.1) is 10.1 Å². The van der Waals surface area contributed by atoms with E-state index in [0.717, 1.165) is 4.47 Å². The van der Waals surface area contributed by atoms with Gasteiger partial charge in [0.1, 0.15) is 12.4 Å². The third-order valence-electron chi connectivity index (χ3n) is 2.54. The Hall–Kier alpha value is -2.22. The molecule has 1 amide bonds. The van der Waals surface area contributed by atoms with E-state index in [9.17, 15) is 14.9 Å². The minimum atomic E-state index is -0.510. The second-order valence-electron chi connectivity index (χ2n) is 3.98. The van der Waals surface area contributed by atoms with E-state index >= 15 is 0 Å². The largest absolute Gasteiger partial charge is 0.350 e. The van der Waals surface area contributed by atoms with Crippen LogP contribution in [0.5, 0.6) is 0 Å². The lowest BCUT2D eigenvalue weighted by atomic mass is 10.2. The number of carbonyl (C=O) groups excluding carboxylic acids is 1. The Morgan fingerprint density at radius 2 is 2.30 bits per heavy atom. The Labute approximate surface area is 122 Å². The molecule has 7 nitrogen and oxygen atoms in total. The van der Waals surface area contributed by atoms with Crippen LogP contribution in [0.25, 0.3) is 0 Å². The summed E-state index contributed by atoms with van der Waals surface area (Å²) in [6.45, 7) is 0.706. The molecule has 104 valence electrons. The first-order valence-corrected chi connectivity index (χ1v) is 6.56. The van der Waals surface area contributed by atoms with Gasteiger partial charge in [-0.15, -0.1) is 0 Å². The minimum absolute atomic E-state index is 0.0664. The molecular weight excluding hydrogens is 328 g/mol. The summed E-state index contributed by atoms with van der Waals surface area (Å²) in [5, 5.41) is 17.1. The van der Waals surface area contributed by atoms with Gasteiger partial charge in [-0.2, -0.15) is 5.10 Å². The molecule has 0 aliphatic carbocycles. The quantitative estimate of drug-likeness (QED) is 0.666. The van der Waals surface area contributed by atoms with Crippen molar-refractivity contribution < 1.29 is 9.72 Å². The van der Waals surface area contributed by atoms with Crippen molar-refractivity contribution in [2.24, 2.45) is 0 Å². The van der Waals surface area contributed by atoms with Crippen LogP contribution in [0.15, 0.2) is 41.1 Å². The number of rotatable bonds is 5. The zero-order valence-corrected chi connectivity index (χ0v) is 11.9. The minimum Gasteiger partial charge on any atom is -0.350 e. The molecule has 0 aliphatic heterocycles. The predicted molar refractivity (Wildman–Crippen MR) is 75.4 cm³/mol. The van der Waals surface area contributed by atoms with E-state index in [1.807, 2.05) is 6.07 Å². The molecule has 0 unspecified atom stereocenters. The number of hydrogen-bond acceptors (Lipinski definition) is 4. The molecule has 0 bridgehead atoms. The fraction of sp³-hybridized carbons (Fsp3) is 0.167. The van der Waals surface area contributed by atoms with E-state index in [4.69, 9.17) is 0 Å². The van der Waals surface area contributed by atoms with Gasteiger partial charge in [-0.05, 0) is 18.2 Å². The van der Waals surface area contributed by atoms with Gasteiger partial charge < -0.3 is 5.32 Å². The molecule has 0 fully saturated rings. The molecule has 2 rings (SSSR count). The van der Waals surface area contributed by atoms with Crippen molar-refractivity contribution in [2.75, 3.05) is 6.54 Å². The maximum absolute atomic E-state index is 11.8. The number of aromatic nitrogens is 2. The Bertz CT molecular complexity index is 641. The molecule has 2 aromatic rings. The summed E-state index contributed by atoms with van der Waals surface area (Å²) in [5.74, 6) is -0.201. The van der Waals surface area contributed by atoms with Gasteiger partial charge in [-0.3, -0.25) is 19.6 Å². The lowest BCUT2D eigenvalue weighted by molar-refractivity contribution is -0.385. The van der Waals surface area contributed by atoms with Crippen LogP contribution in [0.4, 0.5) is 5.69 Å². The molecule has 8 heteroatoms. The number of hydrogen-bond donors (Lipinski definition) is 1. The molecule has 1 N–H and O–H groups in total. The van der Waals surface area contributed by atoms with Crippen molar-refractivity contribution in [1.29, 1.82) is 0 Å². The van der Waals surface area contributed by atoms with Crippen LogP contribution in [-0.4, -0.2) is 27.2 Å². The van der Waals surface area contributed by atoms with Gasteiger partial charge in [0.05, 0.1) is 11.5 Å². The van der Waals surface area contributed by atoms with Crippen molar-refractivity contribution in [1.82, 2.24) is 15.1 Å². The van der Waals surface area contributed by atoms with Gasteiger partial charge in [-0.1, -0.05) is 22.0 Å². The molecular formula is C12H11BrN4O3. The van der Waals surface area contributed by atoms with Gasteiger partial charge in [0.25, 0.3) is 5.91 Å². The Morgan fingerprint density at radius 3 is 2.95 bits per heavy atom. The average Bonchev–Trinajstić information content (AvgIpc) is 2.87. The van der Waals surface area contributed by atoms with Crippen LogP contribution in [0.2, 0.25) is 0 Å². The zero-order valence-electron chi connectivity index (χ0n) is 10.3. The Kier molecular flexibility index (Phi) is 4.46. The van der Waals surface area contributed by atoms with Gasteiger partial charge in [0.15, 0.2) is 0 Å². The van der Waals surface area contributed by atoms with Gasteiger partial charge in [-0.25, -0.2) is 0 Å². The highest BCUT2D eigenvalue weighted by Crippen LogP contribution is 2.11. The third kappa shape index (κ3) is 3.64. The normalized spacial score (nSPS) is 10.2. The van der Waals surface area contributed by atoms with Crippen molar-refractivity contribution in [2.45, 2.75) is 6.54 Å². The summed E-state index contributed by atoms with van der Waals surface area (Å²) in [7, 11) is 0. The summed E-state index contributed by atoms with van der Waals surface area (Å²) in [6, 6.07) is 7.03. The summed E-state index contributed by atoms with van der Waals surface area (Å²) >= 11 is 3.29. The molecule has 0 atom stereocenters. The van der Waals surface area contributed by atoms with Crippen molar-refractivity contribution >= 4 is 27.5 Å². The van der Waals surface area contributed by atoms with Gasteiger partial charge in [0.2, 0.25) is 0 Å². The highest BCUT2D eigenvalue weighted by atomic mass is 79.9. The monoisotopic (exact) mass is 338 g/mol. The first-order valence-electron chi connectivity index (χ1n) is 5.77. The van der Waals surface area contributed by atoms with Crippen LogP contribution in [0.1, 0.15) is 10.4 Å². The molecule has 20 heavy (non-hydrogen) atoms. The molecule has 0 spiro atoms. The number of benzene rings is 1. The first-order chi connectivity index (χ1) is 9.56. The van der Waals surface area contributed by atoms with E-state index in [-0.39, 0.29) is 11.6 Å². The second kappa shape index (κ2) is 6.29. The Morgan fingerprint density at radius 1 is 1.50 bits per heavy atom. The van der Waals surface area contributed by atoms with Crippen molar-refractivity contribution in [3.05, 3.63) is 56.8 Å². The fourth-order valence-corrected chi connectivity index (χ4v) is 1.98. The lowest BCUT2D eigenvalue weighted by Crippen LogP contribution is -2.27. The molecule has 0 saturated heterocycles. The highest BCUT2D eigenvalue weighted by Gasteiger charge is 2.09. The second-order valence-corrected chi connectivity index (χ2v) is 4.90. The molecule has 0 aliphatic rings. The van der Waals surface area contributed by atoms with E-state index in [1.165, 1.54) is 17.1 Å². The van der Waals surface area contributed by atoms with Crippen molar-refractivity contribution in [3.8, 4) is 0 Å². The van der Waals surface area contributed by atoms with E-state index in [1.54, 1.807) is 18.2 Å². The number of nitro groups is 1. The third-order valence-corrected chi connectivity index (χ3v) is 3.04. The van der Waals surface area contributed by atoms with Crippen molar-refractivity contribution in [3.63, 3.8) is 0 Å². The van der Waals surface area contributed by atoms with Crippen LogP contribution >= 0.6 is 15.9 Å². The smallest absolute Gasteiger partial charge is 0.306 e. The average molecular weight is 339 g/mol. The van der Waals surface area contributed by atoms with Gasteiger partial charge >= 0.3 is 5.69 Å². The maximum atomic E-state index is 11.8. The standard InChI is InChI=1S/C12H11BrN4O3/c13-10-3-1-2-9(6-10)12(18)14-4-5-16-8-11(7-15-16)17(19)20/h1-3,6-8H,4-5H2,(H,14,18). The molecule has 1 heterocycles. The summed E-state index contributed by atoms with van der Waals surface area (Å²) < 4.78 is 2.24. The topological polar surface area (TPSA) is 90.1 Å². The Balaban J connectivity index is 1.86. The number of halogens is 1. The SMILES string of the molecule is O=C(NCCn1cc([N+](=O)[O-])cn1)c1cccc(Br)c1. The number of nitrogens with one attached hydrogen (secondary N) is 1. The lowest BCUT2D eigenvalue weighted by Gasteiger charge is -2.05. The van der Waals surface area contributed by atoms with E-state index in [0.29, 0.717) is 18.7 Å². The fourth-order valence-electron chi connectivity index (χ4n) is 1.58. The molecule has 0 radical (unpaired) electrons. The van der Waals surface area contributed by atoms with Crippen LogP contribution < -0.4 is 5.32 Å². The van der Waals surface area contributed by atoms with E-state index < -0.39 is 4.92 Å². The zero-order chi connectivity index (χ0) is 14.5. The van der Waals surface area contributed by atoms with Gasteiger partial charge in [0, 0.05) is 16.6 Å². The van der Waals surface area contributed by atoms with Crippen LogP contribution in [-0.2, 0) is 6.54 Å². The number of nitrogens with zero attached hydrogens (tertiary/aromatic N) is 3. The predicted octanol–water partition coefficient (Wildman–Crippen LogP) is 1.98. The summed E-state index contributed by atoms with van der Waals surface area (Å²) in [5.41, 5.74) is 0.481. The molecule has 0 saturated carbocycles. The number of carbonyl (C=O) groups is 1. The molecule has 1 aromatic carbocycles.